The molecule has 56 heavy (non-hydrogen) atoms. The van der Waals surface area contributed by atoms with Crippen molar-refractivity contribution in [2.24, 2.45) is 0 Å². The number of ether oxygens (including phenoxy) is 2. The van der Waals surface area contributed by atoms with E-state index in [-0.39, 0.29) is 47.1 Å². The smallest absolute Gasteiger partial charge is 0.185 e. The minimum absolute atomic E-state index is 0.0352. The number of nitrogen functional groups attached to an aromatic ring is 2. The molecule has 0 aliphatic rings. The summed E-state index contributed by atoms with van der Waals surface area (Å²) in [6.45, 7) is 20.3. The molecule has 0 amide bonds. The third-order valence-electron chi connectivity index (χ3n) is 8.97. The zero-order valence-electron chi connectivity index (χ0n) is 34.9. The lowest BCUT2D eigenvalue weighted by atomic mass is 9.90. The van der Waals surface area contributed by atoms with Gasteiger partial charge < -0.3 is 31.2 Å². The van der Waals surface area contributed by atoms with Gasteiger partial charge in [-0.15, -0.1) is 0 Å². The van der Waals surface area contributed by atoms with Crippen molar-refractivity contribution in [2.45, 2.75) is 119 Å². The van der Waals surface area contributed by atoms with Gasteiger partial charge in [-0.2, -0.15) is 0 Å². The van der Waals surface area contributed by atoms with Crippen LogP contribution in [0.15, 0.2) is 72.8 Å². The number of carbonyl (C=O) groups is 2. The lowest BCUT2D eigenvalue weighted by Crippen LogP contribution is -2.11. The SMILES string of the molecule is CC(C)Oc1c(C(C)C)cc(C(C)C)c(O)c1C=CC(=O)c1ccc(N)cc1.CCCc1cc(CCC)c(OC(C)C)c(C=CC(=O)c2ccc(N)cc2)c1O. The Morgan fingerprint density at radius 1 is 0.589 bits per heavy atom. The third-order valence-corrected chi connectivity index (χ3v) is 8.97. The van der Waals surface area contributed by atoms with Crippen molar-refractivity contribution in [3.63, 3.8) is 0 Å². The molecule has 4 rings (SSSR count). The van der Waals surface area contributed by atoms with Gasteiger partial charge in [0.2, 0.25) is 0 Å². The van der Waals surface area contributed by atoms with Crippen molar-refractivity contribution in [3.8, 4) is 23.0 Å². The van der Waals surface area contributed by atoms with E-state index in [0.717, 1.165) is 47.9 Å². The zero-order valence-corrected chi connectivity index (χ0v) is 34.9. The first kappa shape index (κ1) is 44.9. The molecule has 0 atom stereocenters. The van der Waals surface area contributed by atoms with Gasteiger partial charge in [-0.25, -0.2) is 0 Å². The summed E-state index contributed by atoms with van der Waals surface area (Å²) in [5.74, 6) is 1.71. The van der Waals surface area contributed by atoms with Crippen LogP contribution in [0.25, 0.3) is 12.2 Å². The molecule has 0 saturated heterocycles. The molecule has 0 aliphatic carbocycles. The summed E-state index contributed by atoms with van der Waals surface area (Å²) in [7, 11) is 0. The molecular formula is C48H62N2O6. The molecule has 0 saturated carbocycles. The van der Waals surface area contributed by atoms with Crippen molar-refractivity contribution in [3.05, 3.63) is 117 Å². The average Bonchev–Trinajstić information content (AvgIpc) is 3.13. The number of hydrogen-bond donors (Lipinski definition) is 4. The number of hydrogen-bond acceptors (Lipinski definition) is 8. The van der Waals surface area contributed by atoms with Gasteiger partial charge in [0.05, 0.1) is 23.3 Å². The summed E-state index contributed by atoms with van der Waals surface area (Å²) < 4.78 is 12.1. The number of aryl methyl sites for hydroxylation is 2. The van der Waals surface area contributed by atoms with Crippen LogP contribution in [-0.2, 0) is 12.8 Å². The Hall–Kier alpha value is -5.50. The van der Waals surface area contributed by atoms with Crippen LogP contribution in [0.2, 0.25) is 0 Å². The van der Waals surface area contributed by atoms with E-state index < -0.39 is 0 Å². The maximum Gasteiger partial charge on any atom is 0.185 e. The first-order valence-electron chi connectivity index (χ1n) is 19.7. The number of benzene rings is 4. The van der Waals surface area contributed by atoms with Gasteiger partial charge in [-0.1, -0.05) is 54.4 Å². The Labute approximate surface area is 334 Å². The topological polar surface area (TPSA) is 145 Å². The first-order chi connectivity index (χ1) is 26.5. The van der Waals surface area contributed by atoms with Gasteiger partial charge in [-0.3, -0.25) is 9.59 Å². The predicted octanol–water partition coefficient (Wildman–Crippen LogP) is 11.5. The fourth-order valence-electron chi connectivity index (χ4n) is 6.16. The fraction of sp³-hybridized carbons (Fsp3) is 0.375. The molecule has 0 radical (unpaired) electrons. The maximum absolute atomic E-state index is 12.6. The number of phenols is 2. The molecular weight excluding hydrogens is 701 g/mol. The van der Waals surface area contributed by atoms with Crippen molar-refractivity contribution in [1.29, 1.82) is 0 Å². The second-order valence-electron chi connectivity index (χ2n) is 15.2. The summed E-state index contributed by atoms with van der Waals surface area (Å²) in [4.78, 5) is 25.1. The number of rotatable bonds is 16. The highest BCUT2D eigenvalue weighted by Gasteiger charge is 2.22. The molecule has 4 aromatic rings. The van der Waals surface area contributed by atoms with Gasteiger partial charge in [0.15, 0.2) is 11.6 Å². The fourth-order valence-corrected chi connectivity index (χ4v) is 6.16. The van der Waals surface area contributed by atoms with Crippen LogP contribution in [0.5, 0.6) is 23.0 Å². The predicted molar refractivity (Wildman–Crippen MR) is 232 cm³/mol. The van der Waals surface area contributed by atoms with Crippen molar-refractivity contribution in [2.75, 3.05) is 11.5 Å². The molecule has 6 N–H and O–H groups in total. The highest BCUT2D eigenvalue weighted by molar-refractivity contribution is 6.08. The van der Waals surface area contributed by atoms with Crippen molar-refractivity contribution >= 4 is 35.1 Å². The van der Waals surface area contributed by atoms with Gasteiger partial charge in [-0.05, 0) is 160 Å². The second kappa shape index (κ2) is 21.0. The number of allylic oxidation sites excluding steroid dienone is 2. The van der Waals surface area contributed by atoms with Crippen molar-refractivity contribution in [1.82, 2.24) is 0 Å². The number of nitrogens with two attached hydrogens (primary N) is 2. The van der Waals surface area contributed by atoms with Crippen LogP contribution < -0.4 is 20.9 Å². The van der Waals surface area contributed by atoms with Crippen LogP contribution in [0.1, 0.15) is 148 Å². The molecule has 0 heterocycles. The number of carbonyl (C=O) groups excluding carboxylic acids is 2. The van der Waals surface area contributed by atoms with Crippen molar-refractivity contribution < 1.29 is 29.3 Å². The largest absolute Gasteiger partial charge is 0.507 e. The summed E-state index contributed by atoms with van der Waals surface area (Å²) in [5.41, 5.74) is 18.6. The lowest BCUT2D eigenvalue weighted by Gasteiger charge is -2.23. The normalized spacial score (nSPS) is 11.5. The van der Waals surface area contributed by atoms with Gasteiger partial charge in [0.1, 0.15) is 23.0 Å². The van der Waals surface area contributed by atoms with E-state index in [1.54, 1.807) is 60.7 Å². The second-order valence-corrected chi connectivity index (χ2v) is 15.2. The molecule has 8 heteroatoms. The Bertz CT molecular complexity index is 1990. The average molecular weight is 763 g/mol. The minimum Gasteiger partial charge on any atom is -0.507 e. The Morgan fingerprint density at radius 3 is 1.41 bits per heavy atom. The van der Waals surface area contributed by atoms with Gasteiger partial charge in [0, 0.05) is 22.5 Å². The highest BCUT2D eigenvalue weighted by atomic mass is 16.5. The van der Waals surface area contributed by atoms with E-state index in [4.69, 9.17) is 20.9 Å². The van der Waals surface area contributed by atoms with E-state index in [9.17, 15) is 19.8 Å². The molecule has 0 unspecified atom stereocenters. The Morgan fingerprint density at radius 2 is 1.00 bits per heavy atom. The lowest BCUT2D eigenvalue weighted by molar-refractivity contribution is 0.103. The summed E-state index contributed by atoms with van der Waals surface area (Å²) in [6, 6.07) is 17.6. The van der Waals surface area contributed by atoms with Crippen LogP contribution in [-0.4, -0.2) is 34.0 Å². The molecule has 0 aromatic heterocycles. The van der Waals surface area contributed by atoms with Crippen LogP contribution >= 0.6 is 0 Å². The van der Waals surface area contributed by atoms with E-state index in [2.05, 4.69) is 27.7 Å². The summed E-state index contributed by atoms with van der Waals surface area (Å²) in [6.07, 6.45) is 9.72. The Kier molecular flexibility index (Phi) is 16.8. The highest BCUT2D eigenvalue weighted by Crippen LogP contribution is 2.43. The van der Waals surface area contributed by atoms with Crippen LogP contribution in [0.4, 0.5) is 11.4 Å². The first-order valence-corrected chi connectivity index (χ1v) is 19.7. The minimum atomic E-state index is -0.157. The molecule has 8 nitrogen and oxygen atoms in total. The molecule has 0 fully saturated rings. The molecule has 0 spiro atoms. The summed E-state index contributed by atoms with van der Waals surface area (Å²) in [5, 5.41) is 21.8. The van der Waals surface area contributed by atoms with Gasteiger partial charge in [0.25, 0.3) is 0 Å². The van der Waals surface area contributed by atoms with E-state index in [1.165, 1.54) is 12.2 Å². The van der Waals surface area contributed by atoms with E-state index >= 15 is 0 Å². The molecule has 4 aromatic carbocycles. The van der Waals surface area contributed by atoms with Crippen LogP contribution in [0.3, 0.4) is 0 Å². The van der Waals surface area contributed by atoms with E-state index in [0.29, 0.717) is 45.1 Å². The maximum atomic E-state index is 12.6. The molecule has 0 aliphatic heterocycles. The number of phenolic OH excluding ortho intramolecular Hbond substituents is 2. The monoisotopic (exact) mass is 762 g/mol. The number of anilines is 2. The number of ketones is 2. The standard InChI is InChI=1S/2C24H31NO3/c1-14(2)20-13-21(15(3)4)24(28-16(5)6)19(23(20)27)11-12-22(26)17-7-9-18(25)10-8-17;1-5-7-18-15-19(8-6-2)24(28-16(3)4)21(23(18)27)13-14-22(26)17-9-11-20(25)12-10-17/h7-16,27H,25H2,1-6H3;9-16,27H,5-8,25H2,1-4H3. The quantitative estimate of drug-likeness (QED) is 0.0501. The number of aromatic hydroxyl groups is 2. The molecule has 0 bridgehead atoms. The molecule has 300 valence electrons. The van der Waals surface area contributed by atoms with Crippen LogP contribution in [0, 0.1) is 0 Å². The third kappa shape index (κ3) is 12.3. The van der Waals surface area contributed by atoms with E-state index in [1.807, 2.05) is 53.7 Å². The zero-order chi connectivity index (χ0) is 41.7. The van der Waals surface area contributed by atoms with Gasteiger partial charge >= 0.3 is 0 Å². The Balaban J connectivity index is 0.000000300. The summed E-state index contributed by atoms with van der Waals surface area (Å²) >= 11 is 0.